The Labute approximate surface area is 121 Å². The quantitative estimate of drug-likeness (QED) is 0.747. The normalized spacial score (nSPS) is 10.8. The Morgan fingerprint density at radius 1 is 1.15 bits per heavy atom. The first-order valence-corrected chi connectivity index (χ1v) is 6.67. The first-order valence-electron chi connectivity index (χ1n) is 6.26. The van der Waals surface area contributed by atoms with Gasteiger partial charge in [-0.05, 0) is 42.0 Å². The van der Waals surface area contributed by atoms with Gasteiger partial charge >= 0.3 is 0 Å². The molecule has 100 valence electrons. The number of hydrogen-bond acceptors (Lipinski definition) is 1. The molecule has 1 aromatic heterocycles. The van der Waals surface area contributed by atoms with Gasteiger partial charge in [-0.3, -0.25) is 0 Å². The number of rotatable bonds is 3. The zero-order valence-electron chi connectivity index (χ0n) is 10.7. The van der Waals surface area contributed by atoms with E-state index in [9.17, 15) is 4.39 Å². The SMILES string of the molecule is NC(=S)c1ccc2c(ccn2Cc2cccc(F)c2)c1. The highest BCUT2D eigenvalue weighted by Crippen LogP contribution is 2.19. The molecule has 0 fully saturated rings. The zero-order valence-corrected chi connectivity index (χ0v) is 11.5. The van der Waals surface area contributed by atoms with Crippen molar-refractivity contribution in [2.45, 2.75) is 6.54 Å². The van der Waals surface area contributed by atoms with Gasteiger partial charge in [0.25, 0.3) is 0 Å². The Balaban J connectivity index is 1.98. The average molecular weight is 284 g/mol. The van der Waals surface area contributed by atoms with E-state index in [1.165, 1.54) is 6.07 Å². The fourth-order valence-corrected chi connectivity index (χ4v) is 2.45. The van der Waals surface area contributed by atoms with Gasteiger partial charge in [0.15, 0.2) is 0 Å². The van der Waals surface area contributed by atoms with E-state index in [0.29, 0.717) is 11.5 Å². The molecule has 0 aliphatic carbocycles. The number of aromatic nitrogens is 1. The molecule has 0 saturated carbocycles. The smallest absolute Gasteiger partial charge is 0.123 e. The summed E-state index contributed by atoms with van der Waals surface area (Å²) in [4.78, 5) is 0.393. The Morgan fingerprint density at radius 2 is 2.00 bits per heavy atom. The first-order chi connectivity index (χ1) is 9.63. The molecule has 0 spiro atoms. The predicted molar refractivity (Wildman–Crippen MR) is 83.3 cm³/mol. The Kier molecular flexibility index (Phi) is 3.24. The molecule has 0 aliphatic heterocycles. The number of nitrogens with two attached hydrogens (primary N) is 1. The molecule has 1 heterocycles. The summed E-state index contributed by atoms with van der Waals surface area (Å²) < 4.78 is 15.3. The van der Waals surface area contributed by atoms with Crippen LogP contribution in [0.4, 0.5) is 4.39 Å². The summed E-state index contributed by atoms with van der Waals surface area (Å²) in [5.41, 5.74) is 8.50. The van der Waals surface area contributed by atoms with Crippen molar-refractivity contribution in [3.05, 3.63) is 71.7 Å². The molecule has 0 bridgehead atoms. The lowest BCUT2D eigenvalue weighted by Gasteiger charge is -2.06. The third-order valence-corrected chi connectivity index (χ3v) is 3.53. The minimum atomic E-state index is -0.213. The molecule has 3 rings (SSSR count). The first kappa shape index (κ1) is 12.8. The van der Waals surface area contributed by atoms with Crippen LogP contribution in [-0.4, -0.2) is 9.56 Å². The molecule has 0 aliphatic rings. The van der Waals surface area contributed by atoms with Gasteiger partial charge in [0.05, 0.1) is 0 Å². The summed E-state index contributed by atoms with van der Waals surface area (Å²) in [6, 6.07) is 14.5. The molecule has 3 aromatic rings. The molecule has 0 amide bonds. The van der Waals surface area contributed by atoms with Crippen LogP contribution < -0.4 is 5.73 Å². The van der Waals surface area contributed by atoms with Gasteiger partial charge in [-0.15, -0.1) is 0 Å². The Bertz CT molecular complexity index is 792. The zero-order chi connectivity index (χ0) is 14.1. The number of thiocarbonyl (C=S) groups is 1. The van der Waals surface area contributed by atoms with E-state index in [4.69, 9.17) is 18.0 Å². The number of nitrogens with zero attached hydrogens (tertiary/aromatic N) is 1. The maximum atomic E-state index is 13.2. The Hall–Kier alpha value is -2.20. The molecular weight excluding hydrogens is 271 g/mol. The van der Waals surface area contributed by atoms with E-state index in [-0.39, 0.29) is 5.82 Å². The summed E-state index contributed by atoms with van der Waals surface area (Å²) in [5, 5.41) is 1.08. The fourth-order valence-electron chi connectivity index (χ4n) is 2.32. The number of fused-ring (bicyclic) bond motifs is 1. The van der Waals surface area contributed by atoms with E-state index in [2.05, 4.69) is 4.57 Å². The van der Waals surface area contributed by atoms with E-state index >= 15 is 0 Å². The van der Waals surface area contributed by atoms with Crippen LogP contribution in [-0.2, 0) is 6.54 Å². The van der Waals surface area contributed by atoms with Crippen LogP contribution in [0.1, 0.15) is 11.1 Å². The second-order valence-electron chi connectivity index (χ2n) is 4.71. The highest BCUT2D eigenvalue weighted by atomic mass is 32.1. The van der Waals surface area contributed by atoms with Crippen molar-refractivity contribution in [3.63, 3.8) is 0 Å². The van der Waals surface area contributed by atoms with Crippen LogP contribution in [0.2, 0.25) is 0 Å². The molecule has 0 atom stereocenters. The average Bonchev–Trinajstić information content (AvgIpc) is 2.81. The van der Waals surface area contributed by atoms with Gasteiger partial charge in [0.1, 0.15) is 10.8 Å². The van der Waals surface area contributed by atoms with E-state index < -0.39 is 0 Å². The van der Waals surface area contributed by atoms with Crippen LogP contribution in [0.25, 0.3) is 10.9 Å². The van der Waals surface area contributed by atoms with Gasteiger partial charge < -0.3 is 10.3 Å². The van der Waals surface area contributed by atoms with Crippen molar-refractivity contribution in [1.82, 2.24) is 4.57 Å². The third kappa shape index (κ3) is 2.42. The van der Waals surface area contributed by atoms with Crippen molar-refractivity contribution in [1.29, 1.82) is 0 Å². The maximum Gasteiger partial charge on any atom is 0.123 e. The molecule has 20 heavy (non-hydrogen) atoms. The predicted octanol–water partition coefficient (Wildman–Crippen LogP) is 3.46. The number of hydrogen-bond donors (Lipinski definition) is 1. The molecule has 4 heteroatoms. The molecule has 0 unspecified atom stereocenters. The Morgan fingerprint density at radius 3 is 2.75 bits per heavy atom. The van der Waals surface area contributed by atoms with E-state index in [1.54, 1.807) is 12.1 Å². The summed E-state index contributed by atoms with van der Waals surface area (Å²) in [7, 11) is 0. The van der Waals surface area contributed by atoms with Crippen LogP contribution in [0.5, 0.6) is 0 Å². The summed E-state index contributed by atoms with van der Waals surface area (Å²) in [6.45, 7) is 0.633. The summed E-state index contributed by atoms with van der Waals surface area (Å²) in [6.07, 6.45) is 1.99. The topological polar surface area (TPSA) is 30.9 Å². The van der Waals surface area contributed by atoms with Crippen molar-refractivity contribution < 1.29 is 4.39 Å². The third-order valence-electron chi connectivity index (χ3n) is 3.30. The summed E-state index contributed by atoms with van der Waals surface area (Å²) >= 11 is 4.98. The van der Waals surface area contributed by atoms with Gasteiger partial charge in [0, 0.05) is 29.2 Å². The lowest BCUT2D eigenvalue weighted by molar-refractivity contribution is 0.624. The van der Waals surface area contributed by atoms with E-state index in [1.807, 2.05) is 36.5 Å². The molecule has 2 aromatic carbocycles. The molecule has 0 saturated heterocycles. The van der Waals surface area contributed by atoms with Crippen LogP contribution in [0.15, 0.2) is 54.7 Å². The van der Waals surface area contributed by atoms with E-state index in [0.717, 1.165) is 22.0 Å². The minimum Gasteiger partial charge on any atom is -0.389 e. The lowest BCUT2D eigenvalue weighted by atomic mass is 10.1. The van der Waals surface area contributed by atoms with Crippen LogP contribution >= 0.6 is 12.2 Å². The van der Waals surface area contributed by atoms with Gasteiger partial charge in [0.2, 0.25) is 0 Å². The van der Waals surface area contributed by atoms with Gasteiger partial charge in [-0.1, -0.05) is 24.4 Å². The van der Waals surface area contributed by atoms with Gasteiger partial charge in [-0.2, -0.15) is 0 Å². The lowest BCUT2D eigenvalue weighted by Crippen LogP contribution is -2.08. The monoisotopic (exact) mass is 284 g/mol. The second-order valence-corrected chi connectivity index (χ2v) is 5.15. The molecule has 2 nitrogen and oxygen atoms in total. The minimum absolute atomic E-state index is 0.213. The van der Waals surface area contributed by atoms with Crippen molar-refractivity contribution >= 4 is 28.1 Å². The van der Waals surface area contributed by atoms with Crippen molar-refractivity contribution in [2.24, 2.45) is 5.73 Å². The standard InChI is InChI=1S/C16H13FN2S/c17-14-3-1-2-11(8-14)10-19-7-6-12-9-13(16(18)20)4-5-15(12)19/h1-9H,10H2,(H2,18,20). The maximum absolute atomic E-state index is 13.2. The highest BCUT2D eigenvalue weighted by Gasteiger charge is 2.05. The van der Waals surface area contributed by atoms with Crippen LogP contribution in [0.3, 0.4) is 0 Å². The number of benzene rings is 2. The molecule has 2 N–H and O–H groups in total. The summed E-state index contributed by atoms with van der Waals surface area (Å²) in [5.74, 6) is -0.213. The second kappa shape index (κ2) is 5.06. The molecule has 0 radical (unpaired) electrons. The largest absolute Gasteiger partial charge is 0.389 e. The van der Waals surface area contributed by atoms with Crippen molar-refractivity contribution in [3.8, 4) is 0 Å². The van der Waals surface area contributed by atoms with Crippen LogP contribution in [0, 0.1) is 5.82 Å². The number of halogens is 1. The molecular formula is C16H13FN2S. The van der Waals surface area contributed by atoms with Crippen molar-refractivity contribution in [2.75, 3.05) is 0 Å². The van der Waals surface area contributed by atoms with Gasteiger partial charge in [-0.25, -0.2) is 4.39 Å². The fraction of sp³-hybridized carbons (Fsp3) is 0.0625. The highest BCUT2D eigenvalue weighted by molar-refractivity contribution is 7.80.